The number of rotatable bonds is 7. The fourth-order valence-corrected chi connectivity index (χ4v) is 3.55. The highest BCUT2D eigenvalue weighted by molar-refractivity contribution is 5.93. The Balaban J connectivity index is 1.57. The molecule has 1 aliphatic heterocycles. The Hall–Kier alpha value is -2.84. The van der Waals surface area contributed by atoms with Crippen LogP contribution in [-0.4, -0.2) is 75.7 Å². The predicted octanol–water partition coefficient (Wildman–Crippen LogP) is 2.03. The largest absolute Gasteiger partial charge is 0.465 e. The standard InChI is InChI=1S/C23H33N5O3/c1-17-5-10-21(31-17)20(28-11-13-30-14-12-28)16-26-23(24-2)25-15-18-6-8-19(9-7-18)22(29)27(3)4/h5-10,20H,11-16H2,1-4H3,(H2,24,25,26). The molecule has 1 aromatic heterocycles. The van der Waals surface area contributed by atoms with Crippen molar-refractivity contribution < 1.29 is 13.9 Å². The van der Waals surface area contributed by atoms with Crippen LogP contribution in [0.15, 0.2) is 45.8 Å². The van der Waals surface area contributed by atoms with E-state index in [4.69, 9.17) is 9.15 Å². The summed E-state index contributed by atoms with van der Waals surface area (Å²) >= 11 is 0. The summed E-state index contributed by atoms with van der Waals surface area (Å²) < 4.78 is 11.4. The van der Waals surface area contributed by atoms with Crippen LogP contribution in [0.5, 0.6) is 0 Å². The summed E-state index contributed by atoms with van der Waals surface area (Å²) in [6.45, 7) is 6.45. The zero-order chi connectivity index (χ0) is 22.2. The molecule has 31 heavy (non-hydrogen) atoms. The first-order chi connectivity index (χ1) is 15.0. The molecule has 8 nitrogen and oxygen atoms in total. The van der Waals surface area contributed by atoms with E-state index in [1.54, 1.807) is 26.0 Å². The average molecular weight is 428 g/mol. The maximum Gasteiger partial charge on any atom is 0.253 e. The van der Waals surface area contributed by atoms with Crippen LogP contribution in [0.2, 0.25) is 0 Å². The lowest BCUT2D eigenvalue weighted by atomic mass is 10.1. The second-order valence-corrected chi connectivity index (χ2v) is 7.82. The molecule has 8 heteroatoms. The molecule has 3 rings (SSSR count). The number of carbonyl (C=O) groups excluding carboxylic acids is 1. The van der Waals surface area contributed by atoms with E-state index in [1.807, 2.05) is 43.3 Å². The Kier molecular flexibility index (Phi) is 8.08. The molecule has 1 aliphatic rings. The lowest BCUT2D eigenvalue weighted by Crippen LogP contribution is -2.46. The van der Waals surface area contributed by atoms with Crippen LogP contribution < -0.4 is 10.6 Å². The summed E-state index contributed by atoms with van der Waals surface area (Å²) in [7, 11) is 5.26. The molecule has 1 aromatic carbocycles. The van der Waals surface area contributed by atoms with Crippen molar-refractivity contribution in [1.82, 2.24) is 20.4 Å². The van der Waals surface area contributed by atoms with Gasteiger partial charge >= 0.3 is 0 Å². The number of hydrogen-bond acceptors (Lipinski definition) is 5. The zero-order valence-corrected chi connectivity index (χ0v) is 18.9. The monoisotopic (exact) mass is 427 g/mol. The van der Waals surface area contributed by atoms with Crippen LogP contribution in [0.3, 0.4) is 0 Å². The Morgan fingerprint density at radius 3 is 2.42 bits per heavy atom. The Morgan fingerprint density at radius 2 is 1.84 bits per heavy atom. The molecule has 2 N–H and O–H groups in total. The van der Waals surface area contributed by atoms with Gasteiger partial charge in [0.05, 0.1) is 19.3 Å². The van der Waals surface area contributed by atoms with E-state index in [9.17, 15) is 4.79 Å². The minimum atomic E-state index is -0.000645. The summed E-state index contributed by atoms with van der Waals surface area (Å²) in [6, 6.07) is 11.8. The maximum absolute atomic E-state index is 12.0. The fraction of sp³-hybridized carbons (Fsp3) is 0.478. The Labute approximate surface area is 184 Å². The number of carbonyl (C=O) groups is 1. The lowest BCUT2D eigenvalue weighted by Gasteiger charge is -2.33. The quantitative estimate of drug-likeness (QED) is 0.520. The maximum atomic E-state index is 12.0. The number of ether oxygens (including phenoxy) is 1. The van der Waals surface area contributed by atoms with Gasteiger partial charge < -0.3 is 24.7 Å². The summed E-state index contributed by atoms with van der Waals surface area (Å²) in [5, 5.41) is 6.77. The van der Waals surface area contributed by atoms with E-state index in [-0.39, 0.29) is 11.9 Å². The minimum Gasteiger partial charge on any atom is -0.465 e. The summed E-state index contributed by atoms with van der Waals surface area (Å²) in [5.41, 5.74) is 1.75. The summed E-state index contributed by atoms with van der Waals surface area (Å²) in [6.07, 6.45) is 0. The molecular formula is C23H33N5O3. The SMILES string of the molecule is CN=C(NCc1ccc(C(=O)N(C)C)cc1)NCC(c1ccc(C)o1)N1CCOCC1. The number of nitrogens with one attached hydrogen (secondary N) is 2. The second kappa shape index (κ2) is 11.0. The molecule has 168 valence electrons. The van der Waals surface area contributed by atoms with Crippen LogP contribution >= 0.6 is 0 Å². The van der Waals surface area contributed by atoms with Gasteiger partial charge in [0.25, 0.3) is 5.91 Å². The number of furan rings is 1. The van der Waals surface area contributed by atoms with Gasteiger partial charge in [-0.1, -0.05) is 12.1 Å². The smallest absolute Gasteiger partial charge is 0.253 e. The number of nitrogens with zero attached hydrogens (tertiary/aromatic N) is 3. The molecule has 2 aromatic rings. The van der Waals surface area contributed by atoms with Gasteiger partial charge in [-0.3, -0.25) is 14.7 Å². The van der Waals surface area contributed by atoms with Crippen LogP contribution in [-0.2, 0) is 11.3 Å². The molecule has 1 unspecified atom stereocenters. The second-order valence-electron chi connectivity index (χ2n) is 7.82. The highest BCUT2D eigenvalue weighted by Gasteiger charge is 2.25. The van der Waals surface area contributed by atoms with Crippen molar-refractivity contribution in [3.63, 3.8) is 0 Å². The predicted molar refractivity (Wildman–Crippen MR) is 121 cm³/mol. The molecule has 0 spiro atoms. The van der Waals surface area contributed by atoms with Gasteiger partial charge in [-0.2, -0.15) is 0 Å². The van der Waals surface area contributed by atoms with Crippen molar-refractivity contribution in [2.75, 3.05) is 54.0 Å². The summed E-state index contributed by atoms with van der Waals surface area (Å²) in [4.78, 5) is 20.3. The number of morpholine rings is 1. The van der Waals surface area contributed by atoms with Crippen LogP contribution in [0.4, 0.5) is 0 Å². The lowest BCUT2D eigenvalue weighted by molar-refractivity contribution is 0.0124. The molecule has 2 heterocycles. The van der Waals surface area contributed by atoms with E-state index < -0.39 is 0 Å². The van der Waals surface area contributed by atoms with E-state index in [1.165, 1.54) is 0 Å². The van der Waals surface area contributed by atoms with Gasteiger partial charge in [0.1, 0.15) is 11.5 Å². The van der Waals surface area contributed by atoms with Gasteiger partial charge in [0.15, 0.2) is 5.96 Å². The van der Waals surface area contributed by atoms with Crippen LogP contribution in [0, 0.1) is 6.92 Å². The molecule has 0 saturated carbocycles. The van der Waals surface area contributed by atoms with E-state index in [0.29, 0.717) is 18.7 Å². The van der Waals surface area contributed by atoms with Crippen molar-refractivity contribution in [1.29, 1.82) is 0 Å². The van der Waals surface area contributed by atoms with Gasteiger partial charge in [0.2, 0.25) is 0 Å². The average Bonchev–Trinajstić information content (AvgIpc) is 3.22. The molecule has 0 radical (unpaired) electrons. The van der Waals surface area contributed by atoms with Crippen molar-refractivity contribution in [2.45, 2.75) is 19.5 Å². The first-order valence-electron chi connectivity index (χ1n) is 10.6. The molecule has 1 fully saturated rings. The molecule has 1 saturated heterocycles. The summed E-state index contributed by atoms with van der Waals surface area (Å²) in [5.74, 6) is 2.57. The topological polar surface area (TPSA) is 82.3 Å². The van der Waals surface area contributed by atoms with E-state index in [0.717, 1.165) is 49.3 Å². The highest BCUT2D eigenvalue weighted by Crippen LogP contribution is 2.23. The third-order valence-corrected chi connectivity index (χ3v) is 5.33. The van der Waals surface area contributed by atoms with Crippen molar-refractivity contribution >= 4 is 11.9 Å². The van der Waals surface area contributed by atoms with Crippen molar-refractivity contribution in [3.05, 3.63) is 59.0 Å². The molecule has 1 amide bonds. The van der Waals surface area contributed by atoms with Crippen LogP contribution in [0.25, 0.3) is 0 Å². The number of aliphatic imine (C=N–C) groups is 1. The number of amides is 1. The fourth-order valence-electron chi connectivity index (χ4n) is 3.55. The zero-order valence-electron chi connectivity index (χ0n) is 18.9. The third-order valence-electron chi connectivity index (χ3n) is 5.33. The van der Waals surface area contributed by atoms with Gasteiger partial charge in [-0.25, -0.2) is 0 Å². The number of benzene rings is 1. The number of guanidine groups is 1. The van der Waals surface area contributed by atoms with Gasteiger partial charge in [-0.15, -0.1) is 0 Å². The molecule has 1 atom stereocenters. The van der Waals surface area contributed by atoms with E-state index in [2.05, 4.69) is 20.5 Å². The molecular weight excluding hydrogens is 394 g/mol. The molecule has 0 bridgehead atoms. The number of hydrogen-bond donors (Lipinski definition) is 2. The van der Waals surface area contributed by atoms with Crippen molar-refractivity contribution in [2.24, 2.45) is 4.99 Å². The highest BCUT2D eigenvalue weighted by atomic mass is 16.5. The van der Waals surface area contributed by atoms with Crippen LogP contribution in [0.1, 0.15) is 33.5 Å². The third kappa shape index (κ3) is 6.32. The Bertz CT molecular complexity index is 870. The normalized spacial score (nSPS) is 16.1. The van der Waals surface area contributed by atoms with Gasteiger partial charge in [0, 0.05) is 52.9 Å². The van der Waals surface area contributed by atoms with Gasteiger partial charge in [-0.05, 0) is 36.8 Å². The Morgan fingerprint density at radius 1 is 1.13 bits per heavy atom. The minimum absolute atomic E-state index is 0.000645. The van der Waals surface area contributed by atoms with Crippen molar-refractivity contribution in [3.8, 4) is 0 Å². The van der Waals surface area contributed by atoms with E-state index >= 15 is 0 Å². The number of aryl methyl sites for hydroxylation is 1. The molecule has 0 aliphatic carbocycles. The first kappa shape index (κ1) is 22.8. The first-order valence-corrected chi connectivity index (χ1v) is 10.6.